The van der Waals surface area contributed by atoms with Crippen LogP contribution in [0.1, 0.15) is 5.56 Å². The van der Waals surface area contributed by atoms with E-state index >= 15 is 0 Å². The molecule has 136 valence electrons. The molecule has 0 unspecified atom stereocenters. The zero-order chi connectivity index (χ0) is 18.9. The summed E-state index contributed by atoms with van der Waals surface area (Å²) < 4.78 is 67.6. The Morgan fingerprint density at radius 3 is 2.42 bits per heavy atom. The van der Waals surface area contributed by atoms with Gasteiger partial charge in [0, 0.05) is 25.4 Å². The second kappa shape index (κ2) is 6.93. The number of hydrogen-bond donors (Lipinski definition) is 0. The molecule has 1 heterocycles. The number of sulfonamides is 1. The minimum Gasteiger partial charge on any atom is -0.241 e. The molecule has 0 aliphatic rings. The Kier molecular flexibility index (Phi) is 4.84. The largest absolute Gasteiger partial charge is 0.246 e. The molecule has 0 amide bonds. The predicted octanol–water partition coefficient (Wildman–Crippen LogP) is 3.11. The van der Waals surface area contributed by atoms with E-state index in [0.717, 1.165) is 9.99 Å². The van der Waals surface area contributed by atoms with E-state index in [9.17, 15) is 21.6 Å². The molecule has 0 radical (unpaired) electrons. The number of aromatic nitrogens is 2. The van der Waals surface area contributed by atoms with Crippen LogP contribution in [0.15, 0.2) is 59.8 Å². The summed E-state index contributed by atoms with van der Waals surface area (Å²) >= 11 is 0. The Labute approximate surface area is 148 Å². The lowest BCUT2D eigenvalue weighted by atomic mass is 10.3. The van der Waals surface area contributed by atoms with E-state index in [2.05, 4.69) is 5.10 Å². The lowest BCUT2D eigenvalue weighted by Gasteiger charge is -2.17. The van der Waals surface area contributed by atoms with Gasteiger partial charge in [0.15, 0.2) is 17.5 Å². The van der Waals surface area contributed by atoms with Gasteiger partial charge >= 0.3 is 0 Å². The van der Waals surface area contributed by atoms with Crippen molar-refractivity contribution in [2.45, 2.75) is 11.4 Å². The molecule has 3 rings (SSSR count). The summed E-state index contributed by atoms with van der Waals surface area (Å²) in [4.78, 5) is -0.922. The Morgan fingerprint density at radius 2 is 1.73 bits per heavy atom. The first kappa shape index (κ1) is 18.2. The predicted molar refractivity (Wildman–Crippen MR) is 88.5 cm³/mol. The average Bonchev–Trinajstić information content (AvgIpc) is 3.09. The van der Waals surface area contributed by atoms with Gasteiger partial charge in [-0.15, -0.1) is 0 Å². The number of hydrogen-bond acceptors (Lipinski definition) is 3. The highest BCUT2D eigenvalue weighted by Crippen LogP contribution is 2.23. The third kappa shape index (κ3) is 3.35. The summed E-state index contributed by atoms with van der Waals surface area (Å²) in [6.07, 6.45) is 3.10. The molecule has 0 atom stereocenters. The number of nitrogens with zero attached hydrogens (tertiary/aromatic N) is 3. The fourth-order valence-corrected chi connectivity index (χ4v) is 3.59. The maximum Gasteiger partial charge on any atom is 0.246 e. The molecule has 0 saturated carbocycles. The van der Waals surface area contributed by atoms with Gasteiger partial charge in [-0.3, -0.25) is 0 Å². The highest BCUT2D eigenvalue weighted by Gasteiger charge is 2.28. The normalized spacial score (nSPS) is 11.9. The summed E-state index contributed by atoms with van der Waals surface area (Å²) in [7, 11) is -3.13. The van der Waals surface area contributed by atoms with Gasteiger partial charge in [-0.2, -0.15) is 9.40 Å². The van der Waals surface area contributed by atoms with Crippen molar-refractivity contribution in [1.82, 2.24) is 14.1 Å². The number of para-hydroxylation sites is 1. The van der Waals surface area contributed by atoms with E-state index in [1.165, 1.54) is 13.2 Å². The second-order valence-corrected chi connectivity index (χ2v) is 7.58. The molecule has 5 nitrogen and oxygen atoms in total. The Bertz CT molecular complexity index is 1040. The summed E-state index contributed by atoms with van der Waals surface area (Å²) in [5.41, 5.74) is 1.33. The maximum absolute atomic E-state index is 13.8. The summed E-state index contributed by atoms with van der Waals surface area (Å²) in [5, 5.41) is 4.15. The highest BCUT2D eigenvalue weighted by molar-refractivity contribution is 7.89. The fraction of sp³-hybridized carbons (Fsp3) is 0.118. The first-order chi connectivity index (χ1) is 12.3. The van der Waals surface area contributed by atoms with Crippen molar-refractivity contribution in [3.8, 4) is 5.69 Å². The number of halogens is 3. The molecule has 0 N–H and O–H groups in total. The van der Waals surface area contributed by atoms with E-state index in [1.54, 1.807) is 10.9 Å². The second-order valence-electron chi connectivity index (χ2n) is 5.56. The summed E-state index contributed by atoms with van der Waals surface area (Å²) in [6, 6.07) is 10.4. The summed E-state index contributed by atoms with van der Waals surface area (Å²) in [5.74, 6) is -5.01. The van der Waals surface area contributed by atoms with Gasteiger partial charge in [-0.05, 0) is 24.3 Å². The lowest BCUT2D eigenvalue weighted by Crippen LogP contribution is -2.27. The Balaban J connectivity index is 1.85. The van der Waals surface area contributed by atoms with Crippen molar-refractivity contribution >= 4 is 10.0 Å². The van der Waals surface area contributed by atoms with Crippen LogP contribution in [0.4, 0.5) is 13.2 Å². The van der Waals surface area contributed by atoms with Gasteiger partial charge in [-0.25, -0.2) is 26.3 Å². The van der Waals surface area contributed by atoms with Gasteiger partial charge in [0.1, 0.15) is 4.90 Å². The van der Waals surface area contributed by atoms with Crippen molar-refractivity contribution in [1.29, 1.82) is 0 Å². The van der Waals surface area contributed by atoms with E-state index in [4.69, 9.17) is 0 Å². The van der Waals surface area contributed by atoms with E-state index in [1.807, 2.05) is 30.3 Å². The van der Waals surface area contributed by atoms with Gasteiger partial charge in [0.25, 0.3) is 0 Å². The van der Waals surface area contributed by atoms with Gasteiger partial charge in [-0.1, -0.05) is 18.2 Å². The fourth-order valence-electron chi connectivity index (χ4n) is 2.38. The van der Waals surface area contributed by atoms with Crippen LogP contribution in [0.3, 0.4) is 0 Å². The molecule has 1 aromatic heterocycles. The Morgan fingerprint density at radius 1 is 1.04 bits per heavy atom. The lowest BCUT2D eigenvalue weighted by molar-refractivity contribution is 0.421. The summed E-state index contributed by atoms with van der Waals surface area (Å²) in [6.45, 7) is -0.117. The molecule has 2 aromatic carbocycles. The molecule has 26 heavy (non-hydrogen) atoms. The van der Waals surface area contributed by atoms with Gasteiger partial charge in [0.2, 0.25) is 10.0 Å². The monoisotopic (exact) mass is 381 g/mol. The first-order valence-electron chi connectivity index (χ1n) is 7.49. The molecule has 0 aliphatic heterocycles. The zero-order valence-electron chi connectivity index (χ0n) is 13.6. The molecule has 0 saturated heterocycles. The smallest absolute Gasteiger partial charge is 0.241 e. The standard InChI is InChI=1S/C17H14F3N3O2S/c1-22(26(24,25)15-8-7-14(18)16(19)17(15)20)10-12-9-21-23(11-12)13-5-3-2-4-6-13/h2-9,11H,10H2,1H3. The van der Waals surface area contributed by atoms with Gasteiger partial charge < -0.3 is 0 Å². The Hall–Kier alpha value is -2.65. The molecule has 9 heteroatoms. The van der Waals surface area contributed by atoms with Crippen LogP contribution in [-0.4, -0.2) is 29.6 Å². The number of rotatable bonds is 5. The van der Waals surface area contributed by atoms with Crippen molar-refractivity contribution < 1.29 is 21.6 Å². The van der Waals surface area contributed by atoms with E-state index in [0.29, 0.717) is 17.7 Å². The molecule has 0 aliphatic carbocycles. The molecular formula is C17H14F3N3O2S. The van der Waals surface area contributed by atoms with Crippen LogP contribution < -0.4 is 0 Å². The van der Waals surface area contributed by atoms with Crippen molar-refractivity contribution in [3.63, 3.8) is 0 Å². The quantitative estimate of drug-likeness (QED) is 0.638. The van der Waals surface area contributed by atoms with Crippen LogP contribution in [0.5, 0.6) is 0 Å². The minimum absolute atomic E-state index is 0.117. The third-order valence-electron chi connectivity index (χ3n) is 3.75. The average molecular weight is 381 g/mol. The first-order valence-corrected chi connectivity index (χ1v) is 8.93. The third-order valence-corrected chi connectivity index (χ3v) is 5.57. The highest BCUT2D eigenvalue weighted by atomic mass is 32.2. The molecule has 0 bridgehead atoms. The molecular weight excluding hydrogens is 367 g/mol. The van der Waals surface area contributed by atoms with Gasteiger partial charge in [0.05, 0.1) is 11.9 Å². The maximum atomic E-state index is 13.8. The number of benzene rings is 2. The topological polar surface area (TPSA) is 55.2 Å². The van der Waals surface area contributed by atoms with Crippen molar-refractivity contribution in [2.24, 2.45) is 0 Å². The van der Waals surface area contributed by atoms with E-state index in [-0.39, 0.29) is 6.54 Å². The SMILES string of the molecule is CN(Cc1cnn(-c2ccccc2)c1)S(=O)(=O)c1ccc(F)c(F)c1F. The van der Waals surface area contributed by atoms with Crippen LogP contribution in [0.25, 0.3) is 5.69 Å². The van der Waals surface area contributed by atoms with Crippen LogP contribution >= 0.6 is 0 Å². The van der Waals surface area contributed by atoms with Crippen molar-refractivity contribution in [3.05, 3.63) is 77.9 Å². The van der Waals surface area contributed by atoms with Crippen molar-refractivity contribution in [2.75, 3.05) is 7.05 Å². The van der Waals surface area contributed by atoms with Crippen LogP contribution in [0, 0.1) is 17.5 Å². The zero-order valence-corrected chi connectivity index (χ0v) is 14.4. The molecule has 3 aromatic rings. The molecule has 0 fully saturated rings. The van der Waals surface area contributed by atoms with Crippen LogP contribution in [0.2, 0.25) is 0 Å². The molecule has 0 spiro atoms. The van der Waals surface area contributed by atoms with E-state index < -0.39 is 32.4 Å². The minimum atomic E-state index is -4.35. The van der Waals surface area contributed by atoms with Crippen LogP contribution in [-0.2, 0) is 16.6 Å².